The van der Waals surface area contributed by atoms with Gasteiger partial charge in [0.05, 0.1) is 18.0 Å². The summed E-state index contributed by atoms with van der Waals surface area (Å²) in [5.41, 5.74) is 2.77. The standard InChI is InChI=1S/C35H36FN3O3S/c1-27(2)22-39(43(41,42)34-19-16-30-11-6-7-12-31(30)21-34)26-35(40)38(24-28-9-4-3-5-10-28)25-33-13-8-20-37(33)23-29-14-17-32(36)18-15-29/h3-21,27H,22-26H2,1-2H3. The second kappa shape index (κ2) is 13.4. The number of rotatable bonds is 12. The molecule has 0 atom stereocenters. The molecule has 0 unspecified atom stereocenters. The van der Waals surface area contributed by atoms with Gasteiger partial charge in [-0.3, -0.25) is 4.79 Å². The van der Waals surface area contributed by atoms with Crippen molar-refractivity contribution in [3.05, 3.63) is 138 Å². The van der Waals surface area contributed by atoms with Crippen LogP contribution in [0.3, 0.4) is 0 Å². The highest BCUT2D eigenvalue weighted by Crippen LogP contribution is 2.23. The van der Waals surface area contributed by atoms with Gasteiger partial charge in [0.2, 0.25) is 15.9 Å². The van der Waals surface area contributed by atoms with Crippen molar-refractivity contribution in [1.82, 2.24) is 13.8 Å². The Morgan fingerprint density at radius 3 is 2.21 bits per heavy atom. The maximum atomic E-state index is 14.0. The number of nitrogens with zero attached hydrogens (tertiary/aromatic N) is 3. The van der Waals surface area contributed by atoms with Gasteiger partial charge < -0.3 is 9.47 Å². The highest BCUT2D eigenvalue weighted by molar-refractivity contribution is 7.89. The molecule has 0 N–H and O–H groups in total. The van der Waals surface area contributed by atoms with E-state index in [-0.39, 0.29) is 42.2 Å². The smallest absolute Gasteiger partial charge is 0.243 e. The van der Waals surface area contributed by atoms with Crippen LogP contribution in [0.25, 0.3) is 10.8 Å². The Hall–Kier alpha value is -4.27. The number of benzene rings is 4. The number of sulfonamides is 1. The summed E-state index contributed by atoms with van der Waals surface area (Å²) in [4.78, 5) is 15.9. The molecular formula is C35H36FN3O3S. The zero-order chi connectivity index (χ0) is 30.4. The summed E-state index contributed by atoms with van der Waals surface area (Å²) in [5, 5.41) is 1.78. The molecule has 0 saturated heterocycles. The van der Waals surface area contributed by atoms with Gasteiger partial charge in [-0.1, -0.05) is 86.6 Å². The topological polar surface area (TPSA) is 62.6 Å². The summed E-state index contributed by atoms with van der Waals surface area (Å²) < 4.78 is 44.7. The van der Waals surface area contributed by atoms with Gasteiger partial charge in [0, 0.05) is 31.5 Å². The van der Waals surface area contributed by atoms with Crippen molar-refractivity contribution < 1.29 is 17.6 Å². The minimum Gasteiger partial charge on any atom is -0.345 e. The lowest BCUT2D eigenvalue weighted by molar-refractivity contribution is -0.132. The highest BCUT2D eigenvalue weighted by atomic mass is 32.2. The zero-order valence-electron chi connectivity index (χ0n) is 24.4. The van der Waals surface area contributed by atoms with Crippen molar-refractivity contribution >= 4 is 26.7 Å². The third kappa shape index (κ3) is 7.58. The van der Waals surface area contributed by atoms with Crippen molar-refractivity contribution in [1.29, 1.82) is 0 Å². The Morgan fingerprint density at radius 2 is 1.49 bits per heavy atom. The summed E-state index contributed by atoms with van der Waals surface area (Å²) in [5.74, 6) is -0.567. The van der Waals surface area contributed by atoms with Crippen molar-refractivity contribution in [3.8, 4) is 0 Å². The van der Waals surface area contributed by atoms with Crippen molar-refractivity contribution in [2.24, 2.45) is 5.92 Å². The molecule has 43 heavy (non-hydrogen) atoms. The van der Waals surface area contributed by atoms with Gasteiger partial charge in [-0.05, 0) is 64.2 Å². The minimum atomic E-state index is -3.95. The van der Waals surface area contributed by atoms with Crippen LogP contribution in [0.2, 0.25) is 0 Å². The molecule has 0 radical (unpaired) electrons. The van der Waals surface area contributed by atoms with E-state index < -0.39 is 10.0 Å². The first-order valence-corrected chi connectivity index (χ1v) is 15.8. The van der Waals surface area contributed by atoms with Crippen LogP contribution >= 0.6 is 0 Å². The first-order valence-electron chi connectivity index (χ1n) is 14.4. The molecule has 6 nitrogen and oxygen atoms in total. The molecule has 8 heteroatoms. The van der Waals surface area contributed by atoms with E-state index in [2.05, 4.69) is 0 Å². The number of hydrogen-bond acceptors (Lipinski definition) is 3. The van der Waals surface area contributed by atoms with E-state index in [1.807, 2.05) is 91.3 Å². The van der Waals surface area contributed by atoms with E-state index in [4.69, 9.17) is 0 Å². The molecule has 5 rings (SSSR count). The lowest BCUT2D eigenvalue weighted by Crippen LogP contribution is -2.44. The Kier molecular flexibility index (Phi) is 9.38. The second-order valence-corrected chi connectivity index (χ2v) is 13.1. The van der Waals surface area contributed by atoms with Gasteiger partial charge in [0.15, 0.2) is 0 Å². The Bertz CT molecular complexity index is 1780. The van der Waals surface area contributed by atoms with E-state index in [0.29, 0.717) is 13.1 Å². The molecule has 0 bridgehead atoms. The Labute approximate surface area is 253 Å². The quantitative estimate of drug-likeness (QED) is 0.161. The van der Waals surface area contributed by atoms with E-state index in [9.17, 15) is 17.6 Å². The molecule has 4 aromatic carbocycles. The lowest BCUT2D eigenvalue weighted by atomic mass is 10.1. The fourth-order valence-corrected chi connectivity index (χ4v) is 6.74. The molecule has 222 valence electrons. The number of hydrogen-bond donors (Lipinski definition) is 0. The first kappa shape index (κ1) is 30.2. The van der Waals surface area contributed by atoms with Crippen LogP contribution in [0.4, 0.5) is 4.39 Å². The predicted molar refractivity (Wildman–Crippen MR) is 168 cm³/mol. The molecule has 0 aliphatic carbocycles. The van der Waals surface area contributed by atoms with Crippen LogP contribution in [0.5, 0.6) is 0 Å². The number of aromatic nitrogens is 1. The fourth-order valence-electron chi connectivity index (χ4n) is 5.15. The van der Waals surface area contributed by atoms with E-state index in [1.165, 1.54) is 16.4 Å². The SMILES string of the molecule is CC(C)CN(CC(=O)N(Cc1ccccc1)Cc1cccn1Cc1ccc(F)cc1)S(=O)(=O)c1ccc2ccccc2c1. The van der Waals surface area contributed by atoms with E-state index >= 15 is 0 Å². The zero-order valence-corrected chi connectivity index (χ0v) is 25.3. The van der Waals surface area contributed by atoms with Gasteiger partial charge in [0.1, 0.15) is 5.82 Å². The summed E-state index contributed by atoms with van der Waals surface area (Å²) in [7, 11) is -3.95. The van der Waals surface area contributed by atoms with Crippen molar-refractivity contribution in [2.45, 2.75) is 38.4 Å². The molecular weight excluding hydrogens is 561 g/mol. The fraction of sp³-hybridized carbons (Fsp3) is 0.229. The average molecular weight is 598 g/mol. The summed E-state index contributed by atoms with van der Waals surface area (Å²) >= 11 is 0. The number of carbonyl (C=O) groups is 1. The normalized spacial score (nSPS) is 11.8. The largest absolute Gasteiger partial charge is 0.345 e. The number of halogens is 1. The van der Waals surface area contributed by atoms with E-state index in [0.717, 1.165) is 27.6 Å². The van der Waals surface area contributed by atoms with Crippen LogP contribution < -0.4 is 0 Å². The van der Waals surface area contributed by atoms with Crippen LogP contribution in [-0.2, 0) is 34.5 Å². The molecule has 1 heterocycles. The number of fused-ring (bicyclic) bond motifs is 1. The van der Waals surface area contributed by atoms with Crippen LogP contribution in [0.15, 0.2) is 120 Å². The van der Waals surface area contributed by atoms with Crippen LogP contribution in [0.1, 0.15) is 30.7 Å². The molecule has 0 spiro atoms. The van der Waals surface area contributed by atoms with Crippen molar-refractivity contribution in [2.75, 3.05) is 13.1 Å². The molecule has 1 amide bonds. The maximum absolute atomic E-state index is 14.0. The van der Waals surface area contributed by atoms with Crippen LogP contribution in [-0.4, -0.2) is 41.2 Å². The first-order chi connectivity index (χ1) is 20.7. The summed E-state index contributed by atoms with van der Waals surface area (Å²) in [6, 6.07) is 32.6. The number of carbonyl (C=O) groups excluding carboxylic acids is 1. The predicted octanol–water partition coefficient (Wildman–Crippen LogP) is 6.70. The van der Waals surface area contributed by atoms with Gasteiger partial charge in [0.25, 0.3) is 0 Å². The third-order valence-electron chi connectivity index (χ3n) is 7.35. The van der Waals surface area contributed by atoms with E-state index in [1.54, 1.807) is 35.2 Å². The lowest BCUT2D eigenvalue weighted by Gasteiger charge is -2.29. The monoisotopic (exact) mass is 597 g/mol. The maximum Gasteiger partial charge on any atom is 0.243 e. The molecule has 1 aromatic heterocycles. The Morgan fingerprint density at radius 1 is 0.791 bits per heavy atom. The average Bonchev–Trinajstić information content (AvgIpc) is 3.43. The van der Waals surface area contributed by atoms with Crippen molar-refractivity contribution in [3.63, 3.8) is 0 Å². The molecule has 0 aliphatic heterocycles. The minimum absolute atomic E-state index is 0.0125. The van der Waals surface area contributed by atoms with Gasteiger partial charge in [-0.25, -0.2) is 12.8 Å². The molecule has 0 saturated carbocycles. The number of amides is 1. The second-order valence-electron chi connectivity index (χ2n) is 11.2. The highest BCUT2D eigenvalue weighted by Gasteiger charge is 2.30. The van der Waals surface area contributed by atoms with Crippen LogP contribution in [0, 0.1) is 11.7 Å². The molecule has 0 aliphatic rings. The summed E-state index contributed by atoms with van der Waals surface area (Å²) in [6.07, 6.45) is 1.93. The molecule has 0 fully saturated rings. The van der Waals surface area contributed by atoms with Gasteiger partial charge in [-0.2, -0.15) is 4.31 Å². The van der Waals surface area contributed by atoms with Gasteiger partial charge in [-0.15, -0.1) is 0 Å². The summed E-state index contributed by atoms with van der Waals surface area (Å²) in [6.45, 7) is 4.95. The van der Waals surface area contributed by atoms with Gasteiger partial charge >= 0.3 is 0 Å². The molecule has 5 aromatic rings. The Balaban J connectivity index is 1.42. The third-order valence-corrected chi connectivity index (χ3v) is 9.16.